The van der Waals surface area contributed by atoms with Crippen molar-refractivity contribution in [1.82, 2.24) is 15.5 Å². The number of benzene rings is 1. The summed E-state index contributed by atoms with van der Waals surface area (Å²) in [6, 6.07) is 6.13. The first kappa shape index (κ1) is 12.7. The molecule has 3 rings (SSSR count). The molecule has 0 atom stereocenters. The van der Waals surface area contributed by atoms with Gasteiger partial charge in [0.1, 0.15) is 0 Å². The van der Waals surface area contributed by atoms with Crippen molar-refractivity contribution < 1.29 is 4.42 Å². The van der Waals surface area contributed by atoms with Gasteiger partial charge in [-0.05, 0) is 25.0 Å². The van der Waals surface area contributed by atoms with Crippen LogP contribution in [0.25, 0.3) is 0 Å². The van der Waals surface area contributed by atoms with E-state index in [1.165, 1.54) is 12.8 Å². The summed E-state index contributed by atoms with van der Waals surface area (Å²) in [7, 11) is 0. The van der Waals surface area contributed by atoms with Crippen LogP contribution < -0.4 is 10.6 Å². The predicted octanol–water partition coefficient (Wildman–Crippen LogP) is 3.37. The Morgan fingerprint density at radius 2 is 1.95 bits per heavy atom. The van der Waals surface area contributed by atoms with Crippen molar-refractivity contribution in [1.29, 1.82) is 0 Å². The maximum Gasteiger partial charge on any atom is 0.320 e. The third-order valence-corrected chi connectivity index (χ3v) is 3.41. The number of nitrogens with zero attached hydrogens (tertiary/aromatic N) is 2. The molecule has 0 unspecified atom stereocenters. The second-order valence-electron chi connectivity index (χ2n) is 4.38. The summed E-state index contributed by atoms with van der Waals surface area (Å²) in [4.78, 5) is 0. The standard InChI is InChI=1S/C12H12Cl2N4O/c13-8-2-1-3-9(14)11(8)16-12-18-17-10(19-12)6-15-7-4-5-7/h1-3,7,15H,4-6H2,(H,16,18). The van der Waals surface area contributed by atoms with E-state index in [9.17, 15) is 0 Å². The number of aromatic nitrogens is 2. The molecular formula is C12H12Cl2N4O. The molecule has 0 radical (unpaired) electrons. The molecule has 0 amide bonds. The fourth-order valence-corrected chi connectivity index (χ4v) is 2.11. The van der Waals surface area contributed by atoms with Crippen LogP contribution in [-0.4, -0.2) is 16.2 Å². The first-order chi connectivity index (χ1) is 9.22. The maximum atomic E-state index is 6.05. The Balaban J connectivity index is 1.68. The van der Waals surface area contributed by atoms with E-state index in [-0.39, 0.29) is 6.01 Å². The first-order valence-corrected chi connectivity index (χ1v) is 6.75. The largest absolute Gasteiger partial charge is 0.406 e. The van der Waals surface area contributed by atoms with Crippen molar-refractivity contribution in [3.05, 3.63) is 34.1 Å². The third-order valence-electron chi connectivity index (χ3n) is 2.78. The Labute approximate surface area is 120 Å². The molecule has 1 aliphatic carbocycles. The van der Waals surface area contributed by atoms with E-state index in [1.807, 2.05) is 0 Å². The zero-order chi connectivity index (χ0) is 13.2. The lowest BCUT2D eigenvalue weighted by Gasteiger charge is -2.05. The highest BCUT2D eigenvalue weighted by Gasteiger charge is 2.21. The van der Waals surface area contributed by atoms with Gasteiger partial charge in [-0.15, -0.1) is 5.10 Å². The fourth-order valence-electron chi connectivity index (χ4n) is 1.62. The van der Waals surface area contributed by atoms with Gasteiger partial charge in [0.2, 0.25) is 5.89 Å². The van der Waals surface area contributed by atoms with Crippen molar-refractivity contribution in [2.45, 2.75) is 25.4 Å². The SMILES string of the molecule is Clc1cccc(Cl)c1Nc1nnc(CNC2CC2)o1. The zero-order valence-corrected chi connectivity index (χ0v) is 11.5. The molecule has 0 aliphatic heterocycles. The number of anilines is 2. The van der Waals surface area contributed by atoms with Gasteiger partial charge in [0.15, 0.2) is 0 Å². The number of rotatable bonds is 5. The molecule has 1 aliphatic rings. The van der Waals surface area contributed by atoms with Crippen LogP contribution in [0.5, 0.6) is 0 Å². The van der Waals surface area contributed by atoms with E-state index < -0.39 is 0 Å². The van der Waals surface area contributed by atoms with E-state index in [1.54, 1.807) is 18.2 Å². The molecule has 1 aromatic carbocycles. The average Bonchev–Trinajstić information content (AvgIpc) is 3.11. The van der Waals surface area contributed by atoms with Gasteiger partial charge in [0, 0.05) is 6.04 Å². The number of nitrogens with one attached hydrogen (secondary N) is 2. The fraction of sp³-hybridized carbons (Fsp3) is 0.333. The van der Waals surface area contributed by atoms with Crippen molar-refractivity contribution in [2.75, 3.05) is 5.32 Å². The normalized spacial score (nSPS) is 14.6. The Morgan fingerprint density at radius 3 is 2.63 bits per heavy atom. The van der Waals surface area contributed by atoms with Crippen molar-refractivity contribution >= 4 is 34.9 Å². The second kappa shape index (κ2) is 5.36. The van der Waals surface area contributed by atoms with Gasteiger partial charge >= 0.3 is 6.01 Å². The highest BCUT2D eigenvalue weighted by Crippen LogP contribution is 2.32. The Morgan fingerprint density at radius 1 is 1.21 bits per heavy atom. The van der Waals surface area contributed by atoms with Crippen LogP contribution in [0.1, 0.15) is 18.7 Å². The first-order valence-electron chi connectivity index (χ1n) is 5.99. The summed E-state index contributed by atoms with van der Waals surface area (Å²) < 4.78 is 5.46. The molecule has 1 heterocycles. The minimum Gasteiger partial charge on any atom is -0.406 e. The predicted molar refractivity (Wildman–Crippen MR) is 73.9 cm³/mol. The van der Waals surface area contributed by atoms with Gasteiger partial charge < -0.3 is 15.1 Å². The topological polar surface area (TPSA) is 63.0 Å². The number of halogens is 2. The van der Waals surface area contributed by atoms with E-state index in [0.29, 0.717) is 34.2 Å². The average molecular weight is 299 g/mol. The molecule has 5 nitrogen and oxygen atoms in total. The number of hydrogen-bond acceptors (Lipinski definition) is 5. The molecule has 1 fully saturated rings. The summed E-state index contributed by atoms with van der Waals surface area (Å²) in [6.07, 6.45) is 2.43. The Kier molecular flexibility index (Phi) is 3.59. The van der Waals surface area contributed by atoms with Gasteiger partial charge in [-0.3, -0.25) is 0 Å². The molecule has 2 aromatic rings. The minimum absolute atomic E-state index is 0.280. The molecule has 0 spiro atoms. The van der Waals surface area contributed by atoms with Crippen LogP contribution in [0.4, 0.5) is 11.7 Å². The minimum atomic E-state index is 0.280. The lowest BCUT2D eigenvalue weighted by Crippen LogP contribution is -2.15. The zero-order valence-electron chi connectivity index (χ0n) is 9.99. The van der Waals surface area contributed by atoms with Crippen LogP contribution in [0.3, 0.4) is 0 Å². The molecule has 0 bridgehead atoms. The second-order valence-corrected chi connectivity index (χ2v) is 5.19. The van der Waals surface area contributed by atoms with E-state index in [2.05, 4.69) is 20.8 Å². The summed E-state index contributed by atoms with van der Waals surface area (Å²) >= 11 is 12.1. The molecular weight excluding hydrogens is 287 g/mol. The van der Waals surface area contributed by atoms with Crippen LogP contribution >= 0.6 is 23.2 Å². The monoisotopic (exact) mass is 298 g/mol. The summed E-state index contributed by atoms with van der Waals surface area (Å²) in [5, 5.41) is 15.1. The van der Waals surface area contributed by atoms with Gasteiger partial charge in [-0.25, -0.2) is 0 Å². The van der Waals surface area contributed by atoms with Gasteiger partial charge in [-0.2, -0.15) is 0 Å². The lowest BCUT2D eigenvalue weighted by molar-refractivity contribution is 0.478. The highest BCUT2D eigenvalue weighted by atomic mass is 35.5. The Hall–Kier alpha value is -1.30. The Bertz CT molecular complexity index is 563. The molecule has 1 saturated carbocycles. The molecule has 2 N–H and O–H groups in total. The van der Waals surface area contributed by atoms with Gasteiger partial charge in [-0.1, -0.05) is 34.4 Å². The summed E-state index contributed by atoms with van der Waals surface area (Å²) in [6.45, 7) is 0.579. The van der Waals surface area contributed by atoms with E-state index in [4.69, 9.17) is 27.6 Å². The van der Waals surface area contributed by atoms with Crippen LogP contribution in [0.2, 0.25) is 10.0 Å². The number of hydrogen-bond donors (Lipinski definition) is 2. The van der Waals surface area contributed by atoms with Gasteiger partial charge in [0.05, 0.1) is 22.3 Å². The smallest absolute Gasteiger partial charge is 0.320 e. The van der Waals surface area contributed by atoms with E-state index >= 15 is 0 Å². The molecule has 100 valence electrons. The summed E-state index contributed by atoms with van der Waals surface area (Å²) in [5.41, 5.74) is 0.566. The maximum absolute atomic E-state index is 6.05. The molecule has 0 saturated heterocycles. The van der Waals surface area contributed by atoms with Crippen LogP contribution in [0, 0.1) is 0 Å². The molecule has 7 heteroatoms. The van der Waals surface area contributed by atoms with Crippen molar-refractivity contribution in [2.24, 2.45) is 0 Å². The van der Waals surface area contributed by atoms with Crippen LogP contribution in [0.15, 0.2) is 22.6 Å². The van der Waals surface area contributed by atoms with Crippen molar-refractivity contribution in [3.63, 3.8) is 0 Å². The lowest BCUT2D eigenvalue weighted by atomic mass is 10.3. The van der Waals surface area contributed by atoms with E-state index in [0.717, 1.165) is 0 Å². The summed E-state index contributed by atoms with van der Waals surface area (Å²) in [5.74, 6) is 0.539. The van der Waals surface area contributed by atoms with Crippen LogP contribution in [-0.2, 0) is 6.54 Å². The van der Waals surface area contributed by atoms with Gasteiger partial charge in [0.25, 0.3) is 0 Å². The quantitative estimate of drug-likeness (QED) is 0.886. The van der Waals surface area contributed by atoms with Crippen molar-refractivity contribution in [3.8, 4) is 0 Å². The third kappa shape index (κ3) is 3.18. The molecule has 1 aromatic heterocycles. The number of para-hydroxylation sites is 1. The highest BCUT2D eigenvalue weighted by molar-refractivity contribution is 6.39. The molecule has 19 heavy (non-hydrogen) atoms.